The van der Waals surface area contributed by atoms with E-state index in [9.17, 15) is 9.59 Å². The third kappa shape index (κ3) is 5.67. The molecule has 0 spiro atoms. The van der Waals surface area contributed by atoms with Crippen molar-refractivity contribution < 1.29 is 9.59 Å². The first-order valence-electron chi connectivity index (χ1n) is 7.37. The zero-order valence-corrected chi connectivity index (χ0v) is 13.4. The first kappa shape index (κ1) is 19.2. The van der Waals surface area contributed by atoms with Crippen molar-refractivity contribution in [3.8, 4) is 0 Å². The topological polar surface area (TPSA) is 75.4 Å². The fraction of sp³-hybridized carbons (Fsp3) is 0.857. The average Bonchev–Trinajstić information content (AvgIpc) is 2.77. The Morgan fingerprint density at radius 3 is 2.80 bits per heavy atom. The predicted octanol–water partition coefficient (Wildman–Crippen LogP) is 1.30. The number of rotatable bonds is 8. The summed E-state index contributed by atoms with van der Waals surface area (Å²) in [6, 6.07) is 0.243. The summed E-state index contributed by atoms with van der Waals surface area (Å²) in [5.41, 5.74) is 5.40. The van der Waals surface area contributed by atoms with Crippen LogP contribution < -0.4 is 11.1 Å². The number of carbonyl (C=O) groups excluding carboxylic acids is 2. The van der Waals surface area contributed by atoms with Crippen molar-refractivity contribution in [2.45, 2.75) is 52.0 Å². The van der Waals surface area contributed by atoms with Gasteiger partial charge in [-0.2, -0.15) is 0 Å². The van der Waals surface area contributed by atoms with Gasteiger partial charge in [-0.15, -0.1) is 12.4 Å². The number of halogens is 1. The Balaban J connectivity index is 0.00000361. The van der Waals surface area contributed by atoms with Crippen molar-refractivity contribution in [3.63, 3.8) is 0 Å². The second-order valence-electron chi connectivity index (χ2n) is 5.37. The molecular weight excluding hydrogens is 278 g/mol. The van der Waals surface area contributed by atoms with Crippen LogP contribution in [0.15, 0.2) is 0 Å². The lowest BCUT2D eigenvalue weighted by molar-refractivity contribution is -0.130. The minimum absolute atomic E-state index is 0. The maximum atomic E-state index is 12.0. The zero-order chi connectivity index (χ0) is 14.3. The SMILES string of the molecule is CCCC(C)N1CC(C(=O)NCCCCN)CC1=O.Cl. The molecule has 1 fully saturated rings. The number of nitrogens with two attached hydrogens (primary N) is 1. The predicted molar refractivity (Wildman–Crippen MR) is 82.7 cm³/mol. The van der Waals surface area contributed by atoms with E-state index in [2.05, 4.69) is 19.2 Å². The molecule has 2 atom stereocenters. The standard InChI is InChI=1S/C14H27N3O2.ClH/c1-3-6-11(2)17-10-12(9-13(17)18)14(19)16-8-5-4-7-15;/h11-12H,3-10,15H2,1-2H3,(H,16,19);1H. The summed E-state index contributed by atoms with van der Waals surface area (Å²) in [6.45, 7) is 6.05. The van der Waals surface area contributed by atoms with Gasteiger partial charge >= 0.3 is 0 Å². The highest BCUT2D eigenvalue weighted by molar-refractivity contribution is 5.89. The van der Waals surface area contributed by atoms with Crippen molar-refractivity contribution in [1.82, 2.24) is 10.2 Å². The van der Waals surface area contributed by atoms with Crippen molar-refractivity contribution in [1.29, 1.82) is 0 Å². The molecule has 0 aliphatic carbocycles. The van der Waals surface area contributed by atoms with E-state index in [0.29, 0.717) is 26.1 Å². The summed E-state index contributed by atoms with van der Waals surface area (Å²) >= 11 is 0. The highest BCUT2D eigenvalue weighted by Gasteiger charge is 2.35. The van der Waals surface area contributed by atoms with E-state index in [0.717, 1.165) is 25.7 Å². The molecule has 0 aromatic heterocycles. The van der Waals surface area contributed by atoms with Crippen LogP contribution in [-0.4, -0.2) is 42.4 Å². The Kier molecular flexibility index (Phi) is 9.59. The highest BCUT2D eigenvalue weighted by atomic mass is 35.5. The molecular formula is C14H28ClN3O2. The molecule has 118 valence electrons. The van der Waals surface area contributed by atoms with Gasteiger partial charge < -0.3 is 16.0 Å². The molecule has 1 heterocycles. The summed E-state index contributed by atoms with van der Waals surface area (Å²) in [5.74, 6) is -0.0516. The van der Waals surface area contributed by atoms with Crippen molar-refractivity contribution >= 4 is 24.2 Å². The smallest absolute Gasteiger partial charge is 0.225 e. The van der Waals surface area contributed by atoms with Gasteiger partial charge in [-0.1, -0.05) is 13.3 Å². The van der Waals surface area contributed by atoms with E-state index in [1.807, 2.05) is 4.90 Å². The molecule has 0 bridgehead atoms. The minimum atomic E-state index is -0.176. The van der Waals surface area contributed by atoms with E-state index in [-0.39, 0.29) is 36.2 Å². The Morgan fingerprint density at radius 1 is 1.50 bits per heavy atom. The highest BCUT2D eigenvalue weighted by Crippen LogP contribution is 2.22. The zero-order valence-electron chi connectivity index (χ0n) is 12.6. The van der Waals surface area contributed by atoms with E-state index in [4.69, 9.17) is 5.73 Å². The third-order valence-corrected chi connectivity index (χ3v) is 3.70. The number of unbranched alkanes of at least 4 members (excludes halogenated alkanes) is 1. The van der Waals surface area contributed by atoms with Crippen LogP contribution in [0.25, 0.3) is 0 Å². The first-order chi connectivity index (χ1) is 9.10. The van der Waals surface area contributed by atoms with Crippen LogP contribution in [0.5, 0.6) is 0 Å². The minimum Gasteiger partial charge on any atom is -0.356 e. The molecule has 2 unspecified atom stereocenters. The van der Waals surface area contributed by atoms with Crippen LogP contribution >= 0.6 is 12.4 Å². The molecule has 0 aromatic carbocycles. The molecule has 3 N–H and O–H groups in total. The number of hydrogen-bond donors (Lipinski definition) is 2. The van der Waals surface area contributed by atoms with Gasteiger partial charge in [-0.3, -0.25) is 9.59 Å². The molecule has 0 aromatic rings. The van der Waals surface area contributed by atoms with Gasteiger partial charge in [-0.25, -0.2) is 0 Å². The summed E-state index contributed by atoms with van der Waals surface area (Å²) in [5, 5.41) is 2.90. The molecule has 1 aliphatic heterocycles. The largest absolute Gasteiger partial charge is 0.356 e. The normalized spacial score (nSPS) is 19.6. The van der Waals surface area contributed by atoms with Crippen LogP contribution in [0.1, 0.15) is 46.0 Å². The van der Waals surface area contributed by atoms with Crippen LogP contribution in [-0.2, 0) is 9.59 Å². The summed E-state index contributed by atoms with van der Waals surface area (Å²) in [7, 11) is 0. The molecule has 6 heteroatoms. The van der Waals surface area contributed by atoms with Gasteiger partial charge in [0.25, 0.3) is 0 Å². The number of nitrogens with zero attached hydrogens (tertiary/aromatic N) is 1. The van der Waals surface area contributed by atoms with Gasteiger partial charge in [-0.05, 0) is 32.7 Å². The van der Waals surface area contributed by atoms with Crippen LogP contribution in [0.2, 0.25) is 0 Å². The fourth-order valence-corrected chi connectivity index (χ4v) is 2.53. The Hall–Kier alpha value is -0.810. The van der Waals surface area contributed by atoms with Crippen molar-refractivity contribution in [2.75, 3.05) is 19.6 Å². The van der Waals surface area contributed by atoms with E-state index in [1.165, 1.54) is 0 Å². The Labute approximate surface area is 128 Å². The van der Waals surface area contributed by atoms with E-state index < -0.39 is 0 Å². The summed E-state index contributed by atoms with van der Waals surface area (Å²) in [4.78, 5) is 25.7. The lowest BCUT2D eigenvalue weighted by Gasteiger charge is -2.24. The quantitative estimate of drug-likeness (QED) is 0.664. The summed E-state index contributed by atoms with van der Waals surface area (Å²) in [6.07, 6.45) is 4.23. The van der Waals surface area contributed by atoms with E-state index in [1.54, 1.807) is 0 Å². The Bertz CT molecular complexity index is 313. The molecule has 0 saturated carbocycles. The van der Waals surface area contributed by atoms with E-state index >= 15 is 0 Å². The first-order valence-corrected chi connectivity index (χ1v) is 7.37. The third-order valence-electron chi connectivity index (χ3n) is 3.70. The second kappa shape index (κ2) is 10.00. The lowest BCUT2D eigenvalue weighted by atomic mass is 10.1. The maximum Gasteiger partial charge on any atom is 0.225 e. The number of amides is 2. The van der Waals surface area contributed by atoms with Crippen LogP contribution in [0, 0.1) is 5.92 Å². The molecule has 5 nitrogen and oxygen atoms in total. The molecule has 0 radical (unpaired) electrons. The molecule has 2 amide bonds. The maximum absolute atomic E-state index is 12.0. The Morgan fingerprint density at radius 2 is 2.20 bits per heavy atom. The number of hydrogen-bond acceptors (Lipinski definition) is 3. The molecule has 20 heavy (non-hydrogen) atoms. The van der Waals surface area contributed by atoms with Crippen molar-refractivity contribution in [2.24, 2.45) is 11.7 Å². The molecule has 1 rings (SSSR count). The summed E-state index contributed by atoms with van der Waals surface area (Å²) < 4.78 is 0. The average molecular weight is 306 g/mol. The molecule has 1 saturated heterocycles. The fourth-order valence-electron chi connectivity index (χ4n) is 2.53. The van der Waals surface area contributed by atoms with Crippen LogP contribution in [0.3, 0.4) is 0 Å². The lowest BCUT2D eigenvalue weighted by Crippen LogP contribution is -2.37. The van der Waals surface area contributed by atoms with Gasteiger partial charge in [0.2, 0.25) is 11.8 Å². The van der Waals surface area contributed by atoms with Gasteiger partial charge in [0, 0.05) is 25.6 Å². The number of nitrogens with one attached hydrogen (secondary N) is 1. The van der Waals surface area contributed by atoms with Gasteiger partial charge in [0.05, 0.1) is 5.92 Å². The second-order valence-corrected chi connectivity index (χ2v) is 5.37. The number of likely N-dealkylation sites (tertiary alicyclic amines) is 1. The van der Waals surface area contributed by atoms with Crippen molar-refractivity contribution in [3.05, 3.63) is 0 Å². The van der Waals surface area contributed by atoms with Gasteiger partial charge in [0.15, 0.2) is 0 Å². The van der Waals surface area contributed by atoms with Gasteiger partial charge in [0.1, 0.15) is 0 Å². The van der Waals surface area contributed by atoms with Crippen LogP contribution in [0.4, 0.5) is 0 Å². The molecule has 1 aliphatic rings. The number of carbonyl (C=O) groups is 2. The monoisotopic (exact) mass is 305 g/mol.